The van der Waals surface area contributed by atoms with Gasteiger partial charge in [-0.3, -0.25) is 0 Å². The Morgan fingerprint density at radius 2 is 1.50 bits per heavy atom. The molecule has 0 atom stereocenters. The van der Waals surface area contributed by atoms with E-state index in [0.29, 0.717) is 12.2 Å². The van der Waals surface area contributed by atoms with Crippen LogP contribution in [-0.2, 0) is 6.61 Å². The fraction of sp³-hybridized carbons (Fsp3) is 0.0385. The van der Waals surface area contributed by atoms with Crippen molar-refractivity contribution in [2.75, 3.05) is 0 Å². The average molecular weight is 519 g/mol. The number of allylic oxidation sites excluding steroid dienone is 1. The van der Waals surface area contributed by atoms with Gasteiger partial charge in [0.1, 0.15) is 12.4 Å². The topological polar surface area (TPSA) is 33.0 Å². The Kier molecular flexibility index (Phi) is 6.32. The van der Waals surface area contributed by atoms with Crippen molar-refractivity contribution >= 4 is 54.3 Å². The lowest BCUT2D eigenvalue weighted by Gasteiger charge is -2.13. The van der Waals surface area contributed by atoms with Crippen molar-refractivity contribution in [1.29, 1.82) is 5.26 Å². The molecular weight excluding hydrogens is 502 g/mol. The minimum Gasteiger partial charge on any atom is -0.488 e. The normalized spacial score (nSPS) is 11.3. The van der Waals surface area contributed by atoms with Crippen molar-refractivity contribution in [3.05, 3.63) is 111 Å². The summed E-state index contributed by atoms with van der Waals surface area (Å²) in [5, 5.41) is 12.0. The van der Waals surface area contributed by atoms with Crippen molar-refractivity contribution in [1.82, 2.24) is 0 Å². The van der Waals surface area contributed by atoms with Gasteiger partial charge in [0.25, 0.3) is 0 Å². The highest BCUT2D eigenvalue weighted by molar-refractivity contribution is 9.10. The summed E-state index contributed by atoms with van der Waals surface area (Å²) in [7, 11) is 0. The van der Waals surface area contributed by atoms with E-state index in [1.807, 2.05) is 72.8 Å². The summed E-state index contributed by atoms with van der Waals surface area (Å²) in [5.41, 5.74) is 3.44. The third kappa shape index (κ3) is 4.64. The van der Waals surface area contributed by atoms with Crippen LogP contribution < -0.4 is 4.74 Å². The van der Waals surface area contributed by atoms with E-state index in [0.717, 1.165) is 42.2 Å². The molecule has 4 aromatic rings. The number of benzene rings is 4. The molecule has 30 heavy (non-hydrogen) atoms. The first-order valence-corrected chi connectivity index (χ1v) is 11.0. The number of nitriles is 1. The molecule has 0 amide bonds. The van der Waals surface area contributed by atoms with Crippen LogP contribution in [0.5, 0.6) is 5.75 Å². The summed E-state index contributed by atoms with van der Waals surface area (Å²) in [6.07, 6.45) is 1.92. The fourth-order valence-corrected chi connectivity index (χ4v) is 3.77. The molecule has 0 aliphatic heterocycles. The first-order valence-electron chi connectivity index (χ1n) is 9.41. The molecule has 0 aliphatic carbocycles. The molecule has 0 radical (unpaired) electrons. The number of fused-ring (bicyclic) bond motifs is 1. The van der Waals surface area contributed by atoms with Crippen LogP contribution in [0, 0.1) is 11.3 Å². The Bertz CT molecular complexity index is 1250. The molecule has 0 heterocycles. The number of hydrogen-bond donors (Lipinski definition) is 0. The van der Waals surface area contributed by atoms with Crippen molar-refractivity contribution in [2.45, 2.75) is 6.61 Å². The van der Waals surface area contributed by atoms with E-state index in [1.54, 1.807) is 0 Å². The lowest BCUT2D eigenvalue weighted by atomic mass is 9.98. The van der Waals surface area contributed by atoms with Crippen LogP contribution >= 0.6 is 31.9 Å². The quantitative estimate of drug-likeness (QED) is 0.198. The van der Waals surface area contributed by atoms with E-state index in [2.05, 4.69) is 56.1 Å². The van der Waals surface area contributed by atoms with Crippen LogP contribution in [0.1, 0.15) is 16.7 Å². The second-order valence-electron chi connectivity index (χ2n) is 6.79. The molecule has 2 nitrogen and oxygen atoms in total. The van der Waals surface area contributed by atoms with Gasteiger partial charge < -0.3 is 4.74 Å². The standard InChI is InChI=1S/C26H17Br2NO/c27-22-10-5-18(6-11-22)17-30-26-14-9-20-3-1-2-4-24(20)25(26)15-21(16-29)19-7-12-23(28)13-8-19/h1-15H,17H2/b21-15+. The second-order valence-corrected chi connectivity index (χ2v) is 8.62. The number of nitrogens with zero attached hydrogens (tertiary/aromatic N) is 1. The maximum absolute atomic E-state index is 9.83. The highest BCUT2D eigenvalue weighted by Gasteiger charge is 2.10. The summed E-state index contributed by atoms with van der Waals surface area (Å²) < 4.78 is 8.21. The third-order valence-corrected chi connectivity index (χ3v) is 5.86. The number of hydrogen-bond acceptors (Lipinski definition) is 2. The molecule has 0 saturated heterocycles. The number of rotatable bonds is 5. The summed E-state index contributed by atoms with van der Waals surface area (Å²) in [5.74, 6) is 0.751. The first kappa shape index (κ1) is 20.4. The molecule has 0 aromatic heterocycles. The summed E-state index contributed by atoms with van der Waals surface area (Å²) in [6, 6.07) is 30.3. The fourth-order valence-electron chi connectivity index (χ4n) is 3.25. The monoisotopic (exact) mass is 517 g/mol. The molecule has 0 N–H and O–H groups in total. The predicted molar refractivity (Wildman–Crippen MR) is 130 cm³/mol. The van der Waals surface area contributed by atoms with Crippen molar-refractivity contribution in [3.8, 4) is 11.8 Å². The molecule has 0 spiro atoms. The van der Waals surface area contributed by atoms with Gasteiger partial charge in [-0.1, -0.05) is 86.5 Å². The Hall–Kier alpha value is -2.87. The Morgan fingerprint density at radius 1 is 0.833 bits per heavy atom. The van der Waals surface area contributed by atoms with Crippen molar-refractivity contribution in [2.24, 2.45) is 0 Å². The Labute approximate surface area is 192 Å². The largest absolute Gasteiger partial charge is 0.488 e. The van der Waals surface area contributed by atoms with Crippen LogP contribution in [-0.4, -0.2) is 0 Å². The maximum atomic E-state index is 9.83. The number of ether oxygens (including phenoxy) is 1. The summed E-state index contributed by atoms with van der Waals surface area (Å²) in [6.45, 7) is 0.451. The smallest absolute Gasteiger partial charge is 0.127 e. The molecule has 0 aliphatic rings. The van der Waals surface area contributed by atoms with Crippen LogP contribution in [0.15, 0.2) is 93.9 Å². The molecule has 146 valence electrons. The Balaban J connectivity index is 1.77. The zero-order chi connectivity index (χ0) is 20.9. The average Bonchev–Trinajstić information content (AvgIpc) is 2.78. The van der Waals surface area contributed by atoms with Crippen LogP contribution in [0.2, 0.25) is 0 Å². The summed E-state index contributed by atoms with van der Waals surface area (Å²) in [4.78, 5) is 0. The minimum absolute atomic E-state index is 0.451. The SMILES string of the molecule is N#C/C(=C\c1c(OCc2ccc(Br)cc2)ccc2ccccc12)c1ccc(Br)cc1. The Morgan fingerprint density at radius 3 is 2.20 bits per heavy atom. The van der Waals surface area contributed by atoms with Gasteiger partial charge in [0, 0.05) is 14.5 Å². The van der Waals surface area contributed by atoms with Crippen molar-refractivity contribution < 1.29 is 4.74 Å². The second kappa shape index (κ2) is 9.30. The summed E-state index contributed by atoms with van der Waals surface area (Å²) >= 11 is 6.91. The molecular formula is C26H17Br2NO. The van der Waals surface area contributed by atoms with Crippen LogP contribution in [0.4, 0.5) is 0 Å². The lowest BCUT2D eigenvalue weighted by molar-refractivity contribution is 0.306. The van der Waals surface area contributed by atoms with Gasteiger partial charge in [0.15, 0.2) is 0 Å². The maximum Gasteiger partial charge on any atom is 0.127 e. The highest BCUT2D eigenvalue weighted by atomic mass is 79.9. The molecule has 4 rings (SSSR count). The van der Waals surface area contributed by atoms with Gasteiger partial charge >= 0.3 is 0 Å². The zero-order valence-corrected chi connectivity index (χ0v) is 19.2. The minimum atomic E-state index is 0.451. The van der Waals surface area contributed by atoms with Gasteiger partial charge in [-0.05, 0) is 58.3 Å². The van der Waals surface area contributed by atoms with Gasteiger partial charge in [-0.2, -0.15) is 5.26 Å². The van der Waals surface area contributed by atoms with E-state index >= 15 is 0 Å². The van der Waals surface area contributed by atoms with Gasteiger partial charge in [-0.25, -0.2) is 0 Å². The van der Waals surface area contributed by atoms with E-state index < -0.39 is 0 Å². The molecule has 4 heteroatoms. The zero-order valence-electron chi connectivity index (χ0n) is 16.0. The highest BCUT2D eigenvalue weighted by Crippen LogP contribution is 2.32. The van der Waals surface area contributed by atoms with Crippen molar-refractivity contribution in [3.63, 3.8) is 0 Å². The molecule has 0 saturated carbocycles. The van der Waals surface area contributed by atoms with Gasteiger partial charge in [0.05, 0.1) is 11.6 Å². The van der Waals surface area contributed by atoms with Gasteiger partial charge in [0.2, 0.25) is 0 Å². The van der Waals surface area contributed by atoms with Crippen LogP contribution in [0.3, 0.4) is 0 Å². The van der Waals surface area contributed by atoms with E-state index in [-0.39, 0.29) is 0 Å². The predicted octanol–water partition coefficient (Wildman–Crippen LogP) is 8.01. The van der Waals surface area contributed by atoms with Crippen LogP contribution in [0.25, 0.3) is 22.4 Å². The van der Waals surface area contributed by atoms with E-state index in [4.69, 9.17) is 4.74 Å². The molecule has 0 unspecified atom stereocenters. The third-order valence-electron chi connectivity index (χ3n) is 4.80. The molecule has 4 aromatic carbocycles. The van der Waals surface area contributed by atoms with E-state index in [1.165, 1.54) is 0 Å². The first-order chi connectivity index (χ1) is 14.6. The van der Waals surface area contributed by atoms with E-state index in [9.17, 15) is 5.26 Å². The molecule has 0 fully saturated rings. The van der Waals surface area contributed by atoms with Gasteiger partial charge in [-0.15, -0.1) is 0 Å². The lowest BCUT2D eigenvalue weighted by Crippen LogP contribution is -1.98. The number of halogens is 2. The molecule has 0 bridgehead atoms.